The number of aliphatic hydroxyl groups excluding tert-OH is 4. The standard InChI is InChI=1S/C30H48O6/c1-25(2)10-12-30(24(35)36)13-11-28(6)16(20(30)23(25)34)8-9-19-27(5)14-18(32)22(33)26(3,4)21(27)17(31)15-29(19,28)7/h8,17-23,31-34H,9-15H2,1-7H3,(H,35,36)/t17-,18-,19-,20-,21+,22+,23+,27-,28-,29-,30+/m1/s1. The number of carboxylic acids is 1. The van der Waals surface area contributed by atoms with Crippen LogP contribution in [0.15, 0.2) is 11.6 Å². The van der Waals surface area contributed by atoms with E-state index in [4.69, 9.17) is 0 Å². The van der Waals surface area contributed by atoms with Gasteiger partial charge >= 0.3 is 5.97 Å². The highest BCUT2D eigenvalue weighted by Crippen LogP contribution is 2.75. The zero-order chi connectivity index (χ0) is 26.9. The van der Waals surface area contributed by atoms with Crippen molar-refractivity contribution in [1.29, 1.82) is 0 Å². The molecule has 0 aromatic heterocycles. The van der Waals surface area contributed by atoms with E-state index in [-0.39, 0.29) is 33.5 Å². The highest BCUT2D eigenvalue weighted by Gasteiger charge is 2.72. The first-order chi connectivity index (χ1) is 16.4. The third-order valence-electron chi connectivity index (χ3n) is 13.1. The lowest BCUT2D eigenvalue weighted by atomic mass is 9.32. The zero-order valence-corrected chi connectivity index (χ0v) is 23.2. The van der Waals surface area contributed by atoms with Crippen LogP contribution in [0.1, 0.15) is 93.4 Å². The highest BCUT2D eigenvalue weighted by atomic mass is 16.4. The maximum atomic E-state index is 12.8. The summed E-state index contributed by atoms with van der Waals surface area (Å²) in [6, 6.07) is 0. The van der Waals surface area contributed by atoms with Gasteiger partial charge in [0.2, 0.25) is 0 Å². The number of hydrogen-bond acceptors (Lipinski definition) is 5. The van der Waals surface area contributed by atoms with Gasteiger partial charge in [-0.05, 0) is 83.9 Å². The van der Waals surface area contributed by atoms with E-state index in [1.807, 2.05) is 13.8 Å². The van der Waals surface area contributed by atoms with Crippen molar-refractivity contribution in [3.8, 4) is 0 Å². The summed E-state index contributed by atoms with van der Waals surface area (Å²) in [7, 11) is 0. The van der Waals surface area contributed by atoms with E-state index in [9.17, 15) is 30.3 Å². The maximum Gasteiger partial charge on any atom is 0.310 e. The van der Waals surface area contributed by atoms with Crippen molar-refractivity contribution < 1.29 is 30.3 Å². The normalized spacial score (nSPS) is 55.3. The number of aliphatic hydroxyl groups is 4. The fourth-order valence-corrected chi connectivity index (χ4v) is 10.9. The van der Waals surface area contributed by atoms with Crippen LogP contribution in [0.25, 0.3) is 0 Å². The van der Waals surface area contributed by atoms with Gasteiger partial charge in [0.25, 0.3) is 0 Å². The predicted octanol–water partition coefficient (Wildman–Crippen LogP) is 4.15. The van der Waals surface area contributed by atoms with Crippen molar-refractivity contribution in [3.05, 3.63) is 11.6 Å². The summed E-state index contributed by atoms with van der Waals surface area (Å²) in [6.07, 6.45) is 3.40. The largest absolute Gasteiger partial charge is 0.481 e. The summed E-state index contributed by atoms with van der Waals surface area (Å²) in [5, 5.41) is 55.8. The molecular weight excluding hydrogens is 456 g/mol. The van der Waals surface area contributed by atoms with E-state index in [0.717, 1.165) is 12.0 Å². The first-order valence-electron chi connectivity index (χ1n) is 14.1. The molecule has 0 aromatic carbocycles. The van der Waals surface area contributed by atoms with Gasteiger partial charge in [-0.1, -0.05) is 60.1 Å². The molecule has 0 spiro atoms. The average molecular weight is 505 g/mol. The van der Waals surface area contributed by atoms with Gasteiger partial charge in [0.05, 0.1) is 29.8 Å². The van der Waals surface area contributed by atoms with Crippen LogP contribution in [0.4, 0.5) is 0 Å². The van der Waals surface area contributed by atoms with Crippen LogP contribution >= 0.6 is 0 Å². The Morgan fingerprint density at radius 1 is 0.833 bits per heavy atom. The summed E-state index contributed by atoms with van der Waals surface area (Å²) in [5.41, 5.74) is -1.94. The molecule has 0 aromatic rings. The number of allylic oxidation sites excluding steroid dienone is 1. The van der Waals surface area contributed by atoms with Crippen molar-refractivity contribution in [2.75, 3.05) is 0 Å². The molecule has 204 valence electrons. The Hall–Kier alpha value is -0.950. The molecule has 0 aliphatic heterocycles. The second-order valence-electron chi connectivity index (χ2n) is 15.4. The topological polar surface area (TPSA) is 118 Å². The van der Waals surface area contributed by atoms with E-state index in [1.165, 1.54) is 0 Å². The Morgan fingerprint density at radius 2 is 1.44 bits per heavy atom. The molecule has 11 atom stereocenters. The lowest BCUT2D eigenvalue weighted by Crippen LogP contribution is -2.71. The van der Waals surface area contributed by atoms with Gasteiger partial charge in [-0.3, -0.25) is 4.79 Å². The maximum absolute atomic E-state index is 12.8. The number of aliphatic carboxylic acids is 1. The lowest BCUT2D eigenvalue weighted by molar-refractivity contribution is -0.264. The number of carboxylic acid groups (broad SMARTS) is 1. The Morgan fingerprint density at radius 3 is 2.06 bits per heavy atom. The van der Waals surface area contributed by atoms with Crippen LogP contribution in [-0.2, 0) is 4.79 Å². The molecular formula is C30H48O6. The molecule has 5 aliphatic rings. The minimum Gasteiger partial charge on any atom is -0.481 e. The zero-order valence-electron chi connectivity index (χ0n) is 23.2. The van der Waals surface area contributed by atoms with Crippen molar-refractivity contribution in [3.63, 3.8) is 0 Å². The monoisotopic (exact) mass is 504 g/mol. The van der Waals surface area contributed by atoms with E-state index in [2.05, 4.69) is 40.7 Å². The number of carbonyl (C=O) groups is 1. The minimum atomic E-state index is -0.948. The fourth-order valence-electron chi connectivity index (χ4n) is 10.9. The Labute approximate surface area is 216 Å². The van der Waals surface area contributed by atoms with Crippen LogP contribution in [-0.4, -0.2) is 55.9 Å². The molecule has 4 saturated carbocycles. The van der Waals surface area contributed by atoms with Crippen LogP contribution in [0.3, 0.4) is 0 Å². The van der Waals surface area contributed by atoms with Gasteiger partial charge in [0.15, 0.2) is 0 Å². The molecule has 5 aliphatic carbocycles. The summed E-state index contributed by atoms with van der Waals surface area (Å²) in [5.74, 6) is -1.21. The molecule has 5 rings (SSSR count). The van der Waals surface area contributed by atoms with E-state index in [1.54, 1.807) is 0 Å². The van der Waals surface area contributed by atoms with E-state index in [0.29, 0.717) is 38.5 Å². The highest BCUT2D eigenvalue weighted by molar-refractivity contribution is 5.77. The first-order valence-corrected chi connectivity index (χ1v) is 14.1. The molecule has 4 fully saturated rings. The van der Waals surface area contributed by atoms with E-state index >= 15 is 0 Å². The minimum absolute atomic E-state index is 0.152. The third-order valence-corrected chi connectivity index (χ3v) is 13.1. The van der Waals surface area contributed by atoms with Gasteiger partial charge in [0, 0.05) is 5.92 Å². The Bertz CT molecular complexity index is 986. The van der Waals surface area contributed by atoms with Crippen LogP contribution < -0.4 is 0 Å². The Kier molecular flexibility index (Phi) is 5.61. The quantitative estimate of drug-likeness (QED) is 0.343. The molecule has 0 unspecified atom stereocenters. The molecule has 0 amide bonds. The number of hydrogen-bond donors (Lipinski definition) is 5. The molecule has 0 heterocycles. The predicted molar refractivity (Wildman–Crippen MR) is 137 cm³/mol. The summed E-state index contributed by atoms with van der Waals surface area (Å²) < 4.78 is 0. The summed E-state index contributed by atoms with van der Waals surface area (Å²) in [4.78, 5) is 12.8. The van der Waals surface area contributed by atoms with Gasteiger partial charge in [-0.2, -0.15) is 0 Å². The molecule has 36 heavy (non-hydrogen) atoms. The number of fused-ring (bicyclic) bond motifs is 7. The third kappa shape index (κ3) is 2.96. The fraction of sp³-hybridized carbons (Fsp3) is 0.900. The van der Waals surface area contributed by atoms with Crippen LogP contribution in [0.5, 0.6) is 0 Å². The van der Waals surface area contributed by atoms with Gasteiger partial charge < -0.3 is 25.5 Å². The number of rotatable bonds is 1. The van der Waals surface area contributed by atoms with Crippen molar-refractivity contribution in [2.45, 2.75) is 118 Å². The van der Waals surface area contributed by atoms with Crippen LogP contribution in [0.2, 0.25) is 0 Å². The van der Waals surface area contributed by atoms with Gasteiger partial charge in [-0.15, -0.1) is 0 Å². The lowest BCUT2D eigenvalue weighted by Gasteiger charge is -2.72. The SMILES string of the molecule is CC1(C)CC[C@]2(C(=O)O)CC[C@]3(C)C(=CC[C@@H]4[C@@]5(C)C[C@@H](O)[C@H](O)C(C)(C)[C@@H]5[C@H](O)C[C@]43C)[C@@H]2[C@@H]1O. The molecule has 0 saturated heterocycles. The second-order valence-corrected chi connectivity index (χ2v) is 15.4. The summed E-state index contributed by atoms with van der Waals surface area (Å²) in [6.45, 7) is 14.8. The molecule has 6 nitrogen and oxygen atoms in total. The smallest absolute Gasteiger partial charge is 0.310 e. The first kappa shape index (κ1) is 26.6. The van der Waals surface area contributed by atoms with Crippen LogP contribution in [0, 0.1) is 50.2 Å². The molecule has 5 N–H and O–H groups in total. The van der Waals surface area contributed by atoms with Gasteiger partial charge in [0.1, 0.15) is 0 Å². The van der Waals surface area contributed by atoms with Crippen molar-refractivity contribution >= 4 is 5.97 Å². The van der Waals surface area contributed by atoms with E-state index < -0.39 is 47.1 Å². The molecule has 0 radical (unpaired) electrons. The van der Waals surface area contributed by atoms with Crippen molar-refractivity contribution in [2.24, 2.45) is 50.2 Å². The molecule has 0 bridgehead atoms. The van der Waals surface area contributed by atoms with Crippen molar-refractivity contribution in [1.82, 2.24) is 0 Å². The Balaban J connectivity index is 1.66. The second kappa shape index (κ2) is 7.58. The summed E-state index contributed by atoms with van der Waals surface area (Å²) >= 11 is 0. The average Bonchev–Trinajstić information content (AvgIpc) is 2.74. The van der Waals surface area contributed by atoms with Gasteiger partial charge in [-0.25, -0.2) is 0 Å². The molecule has 6 heteroatoms.